The van der Waals surface area contributed by atoms with Crippen LogP contribution in [0.1, 0.15) is 0 Å². The zero-order chi connectivity index (χ0) is 7.23. The van der Waals surface area contributed by atoms with Crippen LogP contribution in [0.25, 0.3) is 0 Å². The van der Waals surface area contributed by atoms with Crippen LogP contribution in [-0.2, 0) is 4.74 Å². The van der Waals surface area contributed by atoms with Crippen LogP contribution >= 0.6 is 11.8 Å². The molecule has 2 nitrogen and oxygen atoms in total. The van der Waals surface area contributed by atoms with Gasteiger partial charge in [0.1, 0.15) is 0 Å². The summed E-state index contributed by atoms with van der Waals surface area (Å²) in [6.07, 6.45) is 2.14. The van der Waals surface area contributed by atoms with Crippen LogP contribution in [0.3, 0.4) is 0 Å². The minimum absolute atomic E-state index is 0.720. The predicted octanol–water partition coefficient (Wildman–Crippen LogP) is 0.585. The molecular formula is C7H15NOS. The predicted molar refractivity (Wildman–Crippen MR) is 45.6 cm³/mol. The molecule has 1 atom stereocenters. The molecule has 0 aromatic rings. The van der Waals surface area contributed by atoms with E-state index in [4.69, 9.17) is 4.74 Å². The van der Waals surface area contributed by atoms with Crippen molar-refractivity contribution in [2.45, 2.75) is 0 Å². The van der Waals surface area contributed by atoms with E-state index in [0.29, 0.717) is 0 Å². The number of ether oxygens (including phenoxy) is 1. The second-order valence-corrected chi connectivity index (χ2v) is 3.51. The molecule has 1 heterocycles. The summed E-state index contributed by atoms with van der Waals surface area (Å²) in [7, 11) is 0. The Labute approximate surface area is 66.7 Å². The van der Waals surface area contributed by atoms with Gasteiger partial charge in [-0.3, -0.25) is 0 Å². The Hall–Kier alpha value is 0.270. The van der Waals surface area contributed by atoms with E-state index in [1.165, 1.54) is 5.75 Å². The van der Waals surface area contributed by atoms with Gasteiger partial charge in [0.2, 0.25) is 0 Å². The minimum Gasteiger partial charge on any atom is -0.380 e. The van der Waals surface area contributed by atoms with Crippen molar-refractivity contribution in [1.82, 2.24) is 5.32 Å². The second kappa shape index (κ2) is 4.99. The van der Waals surface area contributed by atoms with Crippen molar-refractivity contribution < 1.29 is 4.74 Å². The highest BCUT2D eigenvalue weighted by Gasteiger charge is 2.10. The van der Waals surface area contributed by atoms with Crippen molar-refractivity contribution in [3.63, 3.8) is 0 Å². The molecule has 1 rings (SSSR count). The molecule has 0 amide bonds. The highest BCUT2D eigenvalue weighted by atomic mass is 32.2. The second-order valence-electron chi connectivity index (χ2n) is 2.60. The molecule has 1 saturated heterocycles. The lowest BCUT2D eigenvalue weighted by atomic mass is 10.2. The van der Waals surface area contributed by atoms with Gasteiger partial charge in [0.25, 0.3) is 0 Å². The van der Waals surface area contributed by atoms with Crippen molar-refractivity contribution in [2.24, 2.45) is 5.92 Å². The SMILES string of the molecule is CSCC1CNCCOC1. The van der Waals surface area contributed by atoms with Gasteiger partial charge in [-0.25, -0.2) is 0 Å². The third kappa shape index (κ3) is 2.90. The quantitative estimate of drug-likeness (QED) is 0.640. The Balaban J connectivity index is 2.15. The van der Waals surface area contributed by atoms with Crippen molar-refractivity contribution in [1.29, 1.82) is 0 Å². The van der Waals surface area contributed by atoms with E-state index in [0.717, 1.165) is 32.2 Å². The van der Waals surface area contributed by atoms with E-state index in [1.807, 2.05) is 11.8 Å². The fourth-order valence-corrected chi connectivity index (χ4v) is 1.79. The van der Waals surface area contributed by atoms with Crippen LogP contribution in [0.4, 0.5) is 0 Å². The first-order chi connectivity index (χ1) is 4.93. The molecule has 0 spiro atoms. The van der Waals surface area contributed by atoms with Crippen LogP contribution < -0.4 is 5.32 Å². The standard InChI is InChI=1S/C7H15NOS/c1-10-6-7-4-8-2-3-9-5-7/h7-8H,2-6H2,1H3. The van der Waals surface area contributed by atoms with E-state index in [-0.39, 0.29) is 0 Å². The summed E-state index contributed by atoms with van der Waals surface area (Å²) in [6.45, 7) is 3.96. The first kappa shape index (κ1) is 8.37. The van der Waals surface area contributed by atoms with Gasteiger partial charge in [0.15, 0.2) is 0 Å². The number of hydrogen-bond donors (Lipinski definition) is 1. The molecule has 1 fully saturated rings. The molecule has 0 saturated carbocycles. The maximum absolute atomic E-state index is 5.38. The summed E-state index contributed by atoms with van der Waals surface area (Å²) in [5.74, 6) is 1.94. The maximum atomic E-state index is 5.38. The van der Waals surface area contributed by atoms with Gasteiger partial charge in [-0.2, -0.15) is 11.8 Å². The fourth-order valence-electron chi connectivity index (χ4n) is 1.10. The molecule has 0 aromatic carbocycles. The third-order valence-corrected chi connectivity index (χ3v) is 2.42. The minimum atomic E-state index is 0.720. The smallest absolute Gasteiger partial charge is 0.0591 e. The van der Waals surface area contributed by atoms with Crippen LogP contribution in [0.15, 0.2) is 0 Å². The fraction of sp³-hybridized carbons (Fsp3) is 1.00. The van der Waals surface area contributed by atoms with Crippen molar-refractivity contribution in [3.8, 4) is 0 Å². The molecule has 0 aromatic heterocycles. The zero-order valence-corrected chi connectivity index (χ0v) is 7.25. The van der Waals surface area contributed by atoms with Crippen LogP contribution in [0.2, 0.25) is 0 Å². The molecule has 1 aliphatic heterocycles. The number of nitrogens with one attached hydrogen (secondary N) is 1. The lowest BCUT2D eigenvalue weighted by Crippen LogP contribution is -2.24. The topological polar surface area (TPSA) is 21.3 Å². The van der Waals surface area contributed by atoms with Gasteiger partial charge in [0.05, 0.1) is 13.2 Å². The average molecular weight is 161 g/mol. The molecule has 1 aliphatic rings. The Morgan fingerprint density at radius 1 is 1.70 bits per heavy atom. The Bertz CT molecular complexity index is 81.7. The Morgan fingerprint density at radius 3 is 3.40 bits per heavy atom. The van der Waals surface area contributed by atoms with E-state index in [9.17, 15) is 0 Å². The van der Waals surface area contributed by atoms with Crippen molar-refractivity contribution >= 4 is 11.8 Å². The lowest BCUT2D eigenvalue weighted by molar-refractivity contribution is 0.130. The number of hydrogen-bond acceptors (Lipinski definition) is 3. The zero-order valence-electron chi connectivity index (χ0n) is 6.43. The van der Waals surface area contributed by atoms with Crippen molar-refractivity contribution in [2.75, 3.05) is 38.3 Å². The third-order valence-electron chi connectivity index (χ3n) is 1.61. The summed E-state index contributed by atoms with van der Waals surface area (Å²) >= 11 is 1.90. The van der Waals surface area contributed by atoms with E-state index in [2.05, 4.69) is 11.6 Å². The molecule has 3 heteroatoms. The average Bonchev–Trinajstić information content (AvgIpc) is 2.17. The van der Waals surface area contributed by atoms with Crippen LogP contribution in [-0.4, -0.2) is 38.3 Å². The van der Waals surface area contributed by atoms with E-state index in [1.54, 1.807) is 0 Å². The van der Waals surface area contributed by atoms with Gasteiger partial charge in [-0.05, 0) is 12.0 Å². The Kier molecular flexibility index (Phi) is 4.18. The molecular weight excluding hydrogens is 146 g/mol. The largest absolute Gasteiger partial charge is 0.380 e. The van der Waals surface area contributed by atoms with Crippen molar-refractivity contribution in [3.05, 3.63) is 0 Å². The molecule has 0 aliphatic carbocycles. The molecule has 0 bridgehead atoms. The normalized spacial score (nSPS) is 27.9. The summed E-state index contributed by atoms with van der Waals surface area (Å²) in [5.41, 5.74) is 0. The first-order valence-electron chi connectivity index (χ1n) is 3.71. The molecule has 1 unspecified atom stereocenters. The highest BCUT2D eigenvalue weighted by Crippen LogP contribution is 2.06. The number of rotatable bonds is 2. The summed E-state index contributed by atoms with van der Waals surface area (Å²) in [4.78, 5) is 0. The first-order valence-corrected chi connectivity index (χ1v) is 5.10. The lowest BCUT2D eigenvalue weighted by Gasteiger charge is -2.10. The van der Waals surface area contributed by atoms with E-state index < -0.39 is 0 Å². The molecule has 0 radical (unpaired) electrons. The highest BCUT2D eigenvalue weighted by molar-refractivity contribution is 7.98. The van der Waals surface area contributed by atoms with Crippen LogP contribution in [0.5, 0.6) is 0 Å². The summed E-state index contributed by atoms with van der Waals surface area (Å²) in [5, 5.41) is 3.34. The number of thioether (sulfide) groups is 1. The molecule has 10 heavy (non-hydrogen) atoms. The van der Waals surface area contributed by atoms with Gasteiger partial charge in [-0.1, -0.05) is 0 Å². The van der Waals surface area contributed by atoms with Gasteiger partial charge < -0.3 is 10.1 Å². The molecule has 60 valence electrons. The van der Waals surface area contributed by atoms with E-state index >= 15 is 0 Å². The van der Waals surface area contributed by atoms with Gasteiger partial charge in [0, 0.05) is 19.0 Å². The van der Waals surface area contributed by atoms with Crippen LogP contribution in [0, 0.1) is 5.92 Å². The monoisotopic (exact) mass is 161 g/mol. The maximum Gasteiger partial charge on any atom is 0.0591 e. The Morgan fingerprint density at radius 2 is 2.60 bits per heavy atom. The summed E-state index contributed by atoms with van der Waals surface area (Å²) in [6, 6.07) is 0. The summed E-state index contributed by atoms with van der Waals surface area (Å²) < 4.78 is 5.38. The van der Waals surface area contributed by atoms with Gasteiger partial charge >= 0.3 is 0 Å². The molecule has 1 N–H and O–H groups in total. The van der Waals surface area contributed by atoms with Gasteiger partial charge in [-0.15, -0.1) is 0 Å².